The van der Waals surface area contributed by atoms with Crippen molar-refractivity contribution in [2.45, 2.75) is 78.0 Å². The van der Waals surface area contributed by atoms with Crippen molar-refractivity contribution in [2.75, 3.05) is 40.4 Å². The van der Waals surface area contributed by atoms with E-state index in [-0.39, 0.29) is 47.1 Å². The number of likely N-dealkylation sites (tertiary alicyclic amines) is 3. The van der Waals surface area contributed by atoms with Gasteiger partial charge in [0, 0.05) is 38.5 Å². The molecule has 2 aromatic heterocycles. The summed E-state index contributed by atoms with van der Waals surface area (Å²) in [6.45, 7) is 11.3. The van der Waals surface area contributed by atoms with E-state index in [1.54, 1.807) is 34.0 Å². The molecule has 3 saturated heterocycles. The summed E-state index contributed by atoms with van der Waals surface area (Å²) >= 11 is 0. The lowest BCUT2D eigenvalue weighted by atomic mass is 9.77. The third-order valence-electron chi connectivity index (χ3n) is 12.2. The number of alkyl carbamates (subject to hydrolysis) is 2. The van der Waals surface area contributed by atoms with E-state index in [0.29, 0.717) is 44.2 Å². The maximum absolute atomic E-state index is 14.1. The first-order chi connectivity index (χ1) is 28.7. The van der Waals surface area contributed by atoms with Crippen LogP contribution in [0, 0.1) is 17.3 Å². The molecule has 318 valence electrons. The Morgan fingerprint density at radius 3 is 1.58 bits per heavy atom. The van der Waals surface area contributed by atoms with Gasteiger partial charge in [0.05, 0.1) is 50.1 Å². The number of aromatic amines is 2. The van der Waals surface area contributed by atoms with Gasteiger partial charge in [-0.25, -0.2) is 19.6 Å². The molecule has 2 aromatic carbocycles. The Labute approximate surface area is 349 Å². The molecular formula is C44H55N9O7. The minimum atomic E-state index is -0.783. The van der Waals surface area contributed by atoms with Crippen molar-refractivity contribution >= 4 is 29.9 Å². The molecule has 5 heterocycles. The minimum Gasteiger partial charge on any atom is -0.453 e. The average Bonchev–Trinajstić information content (AvgIpc) is 4.06. The zero-order chi connectivity index (χ0) is 42.9. The molecule has 4 aromatic rings. The fraction of sp³-hybridized carbons (Fsp3) is 0.477. The van der Waals surface area contributed by atoms with E-state index in [1.165, 1.54) is 14.2 Å². The lowest BCUT2D eigenvalue weighted by Crippen LogP contribution is -2.59. The molecule has 4 atom stereocenters. The van der Waals surface area contributed by atoms with Gasteiger partial charge in [0.15, 0.2) is 0 Å². The number of aromatic nitrogens is 4. The molecular weight excluding hydrogens is 767 g/mol. The molecule has 0 radical (unpaired) electrons. The fourth-order valence-corrected chi connectivity index (χ4v) is 8.81. The highest BCUT2D eigenvalue weighted by Gasteiger charge is 2.55. The standard InChI is InChI=1S/C44H55N9O7/c1-25(2)36(49-42(57)59-6)40(55)52-18-8-9-34(52)38-45-20-32(47-38)30-14-10-28(11-15-30)29-12-16-31(17-13-29)33-21-46-39(48-33)35-19-44(22-51(23-44)27(5)54)24-53(35)41(56)37(26(3)4)50-43(58)60-7/h10-17,20-21,25-26,34-37H,8-9,18-19,22-24H2,1-7H3,(H,45,47)(H,46,48)(H,49,57)(H,50,58). The number of ether oxygens (including phenoxy) is 2. The monoisotopic (exact) mass is 821 g/mol. The number of amides is 5. The Bertz CT molecular complexity index is 2210. The Balaban J connectivity index is 1.04. The molecule has 3 fully saturated rings. The highest BCUT2D eigenvalue weighted by Crippen LogP contribution is 2.48. The first-order valence-corrected chi connectivity index (χ1v) is 20.6. The third kappa shape index (κ3) is 8.45. The van der Waals surface area contributed by atoms with Crippen LogP contribution in [0.2, 0.25) is 0 Å². The predicted octanol–water partition coefficient (Wildman–Crippen LogP) is 5.68. The Morgan fingerprint density at radius 2 is 1.13 bits per heavy atom. The van der Waals surface area contributed by atoms with Crippen molar-refractivity contribution in [3.05, 3.63) is 72.6 Å². The van der Waals surface area contributed by atoms with Crippen LogP contribution in [-0.4, -0.2) is 117 Å². The fourth-order valence-electron chi connectivity index (χ4n) is 8.81. The largest absolute Gasteiger partial charge is 0.453 e. The van der Waals surface area contributed by atoms with Crippen LogP contribution < -0.4 is 10.6 Å². The van der Waals surface area contributed by atoms with Crippen molar-refractivity contribution in [3.8, 4) is 33.6 Å². The highest BCUT2D eigenvalue weighted by atomic mass is 16.5. The Morgan fingerprint density at radius 1 is 0.683 bits per heavy atom. The molecule has 7 rings (SSSR count). The summed E-state index contributed by atoms with van der Waals surface area (Å²) in [4.78, 5) is 85.7. The van der Waals surface area contributed by atoms with Crippen LogP contribution in [0.25, 0.3) is 33.6 Å². The summed E-state index contributed by atoms with van der Waals surface area (Å²) in [5, 5.41) is 5.41. The third-order valence-corrected chi connectivity index (χ3v) is 12.2. The zero-order valence-corrected chi connectivity index (χ0v) is 35.3. The molecule has 60 heavy (non-hydrogen) atoms. The van der Waals surface area contributed by atoms with Gasteiger partial charge < -0.3 is 44.8 Å². The van der Waals surface area contributed by atoms with Crippen LogP contribution >= 0.6 is 0 Å². The number of carbonyl (C=O) groups is 5. The number of nitrogens with zero attached hydrogens (tertiary/aromatic N) is 5. The van der Waals surface area contributed by atoms with E-state index in [0.717, 1.165) is 46.5 Å². The molecule has 1 spiro atoms. The smallest absolute Gasteiger partial charge is 0.407 e. The van der Waals surface area contributed by atoms with Gasteiger partial charge in [-0.1, -0.05) is 76.2 Å². The van der Waals surface area contributed by atoms with Gasteiger partial charge in [-0.2, -0.15) is 0 Å². The lowest BCUT2D eigenvalue weighted by molar-refractivity contribution is -0.141. The number of benzene rings is 2. The predicted molar refractivity (Wildman–Crippen MR) is 223 cm³/mol. The molecule has 4 unspecified atom stereocenters. The van der Waals surface area contributed by atoms with Gasteiger partial charge >= 0.3 is 12.2 Å². The van der Waals surface area contributed by atoms with E-state index >= 15 is 0 Å². The molecule has 0 aliphatic carbocycles. The van der Waals surface area contributed by atoms with E-state index < -0.39 is 24.3 Å². The van der Waals surface area contributed by atoms with E-state index in [4.69, 9.17) is 14.5 Å². The summed E-state index contributed by atoms with van der Waals surface area (Å²) < 4.78 is 9.58. The number of hydrogen-bond donors (Lipinski definition) is 4. The van der Waals surface area contributed by atoms with Crippen LogP contribution in [0.5, 0.6) is 0 Å². The molecule has 5 amide bonds. The summed E-state index contributed by atoms with van der Waals surface area (Å²) in [5.41, 5.74) is 5.36. The maximum Gasteiger partial charge on any atom is 0.407 e. The van der Waals surface area contributed by atoms with Crippen LogP contribution in [0.4, 0.5) is 9.59 Å². The van der Waals surface area contributed by atoms with Crippen LogP contribution in [0.1, 0.15) is 77.6 Å². The molecule has 4 N–H and O–H groups in total. The maximum atomic E-state index is 14.1. The summed E-state index contributed by atoms with van der Waals surface area (Å²) in [6, 6.07) is 14.3. The molecule has 0 saturated carbocycles. The van der Waals surface area contributed by atoms with Gasteiger partial charge in [-0.15, -0.1) is 0 Å². The summed E-state index contributed by atoms with van der Waals surface area (Å²) in [5.74, 6) is 0.718. The molecule has 16 nitrogen and oxygen atoms in total. The number of H-pyrrole nitrogens is 2. The summed E-state index contributed by atoms with van der Waals surface area (Å²) in [7, 11) is 2.56. The molecule has 16 heteroatoms. The van der Waals surface area contributed by atoms with Crippen molar-refractivity contribution < 1.29 is 33.4 Å². The first kappa shape index (κ1) is 42.0. The zero-order valence-electron chi connectivity index (χ0n) is 35.3. The van der Waals surface area contributed by atoms with E-state index in [2.05, 4.69) is 49.9 Å². The molecule has 0 bridgehead atoms. The lowest BCUT2D eigenvalue weighted by Gasteiger charge is -2.47. The van der Waals surface area contributed by atoms with Gasteiger partial charge in [0.2, 0.25) is 17.7 Å². The number of imidazole rings is 2. The molecule has 3 aliphatic rings. The van der Waals surface area contributed by atoms with Gasteiger partial charge in [-0.3, -0.25) is 14.4 Å². The second-order valence-corrected chi connectivity index (χ2v) is 17.0. The second kappa shape index (κ2) is 17.2. The summed E-state index contributed by atoms with van der Waals surface area (Å²) in [6.07, 6.45) is 4.52. The quantitative estimate of drug-likeness (QED) is 0.147. The number of hydrogen-bond acceptors (Lipinski definition) is 9. The number of nitrogens with one attached hydrogen (secondary N) is 4. The van der Waals surface area contributed by atoms with E-state index in [1.807, 2.05) is 52.0 Å². The van der Waals surface area contributed by atoms with Crippen LogP contribution in [-0.2, 0) is 23.9 Å². The van der Waals surface area contributed by atoms with Gasteiger partial charge in [0.25, 0.3) is 0 Å². The van der Waals surface area contributed by atoms with Crippen molar-refractivity contribution in [1.82, 2.24) is 45.3 Å². The SMILES string of the molecule is COC(=O)NC(C(=O)N1CCCC1c1ncc(-c2ccc(-c3ccc(-c4cnc(C5CC6(CN(C(C)=O)C6)CN5C(=O)C(NC(=O)OC)C(C)C)[nH]4)cc3)cc2)[nH]1)C(C)C. The van der Waals surface area contributed by atoms with Crippen LogP contribution in [0.3, 0.4) is 0 Å². The minimum absolute atomic E-state index is 0.0106. The second-order valence-electron chi connectivity index (χ2n) is 17.0. The number of carbonyl (C=O) groups excluding carboxylic acids is 5. The van der Waals surface area contributed by atoms with Gasteiger partial charge in [0.1, 0.15) is 23.7 Å². The van der Waals surface area contributed by atoms with E-state index in [9.17, 15) is 24.0 Å². The van der Waals surface area contributed by atoms with Crippen LogP contribution in [0.15, 0.2) is 60.9 Å². The van der Waals surface area contributed by atoms with Gasteiger partial charge in [-0.05, 0) is 53.4 Å². The van der Waals surface area contributed by atoms with Crippen molar-refractivity contribution in [2.24, 2.45) is 17.3 Å². The normalized spacial score (nSPS) is 19.3. The molecule has 3 aliphatic heterocycles. The number of methoxy groups -OCH3 is 2. The average molecular weight is 822 g/mol. The highest BCUT2D eigenvalue weighted by molar-refractivity contribution is 5.87. The van der Waals surface area contributed by atoms with Crippen molar-refractivity contribution in [3.63, 3.8) is 0 Å². The Hall–Kier alpha value is -6.19. The van der Waals surface area contributed by atoms with Crippen molar-refractivity contribution in [1.29, 1.82) is 0 Å². The number of rotatable bonds is 11. The topological polar surface area (TPSA) is 195 Å². The first-order valence-electron chi connectivity index (χ1n) is 20.6. The Kier molecular flexibility index (Phi) is 12.0.